The van der Waals surface area contributed by atoms with Crippen LogP contribution in [-0.2, 0) is 13.6 Å². The van der Waals surface area contributed by atoms with Crippen LogP contribution in [0.15, 0.2) is 12.1 Å². The molecule has 0 saturated heterocycles. The van der Waals surface area contributed by atoms with Gasteiger partial charge in [-0.15, -0.1) is 0 Å². The van der Waals surface area contributed by atoms with Crippen LogP contribution in [0.3, 0.4) is 0 Å². The normalized spacial score (nSPS) is 13.0. The molecule has 1 atom stereocenters. The summed E-state index contributed by atoms with van der Waals surface area (Å²) in [5.41, 5.74) is 6.48. The summed E-state index contributed by atoms with van der Waals surface area (Å²) in [5.74, 6) is -0.225. The van der Waals surface area contributed by atoms with E-state index in [1.807, 2.05) is 0 Å². The average molecular weight is 338 g/mol. The number of benzene rings is 1. The number of halogens is 1. The van der Waals surface area contributed by atoms with Crippen molar-refractivity contribution in [2.75, 3.05) is 27.4 Å². The zero-order valence-electron chi connectivity index (χ0n) is 12.6. The second kappa shape index (κ2) is 8.01. The van der Waals surface area contributed by atoms with Crippen LogP contribution in [0.1, 0.15) is 25.2 Å². The van der Waals surface area contributed by atoms with Crippen LogP contribution in [0.2, 0.25) is 5.02 Å². The van der Waals surface area contributed by atoms with E-state index < -0.39 is 13.4 Å². The van der Waals surface area contributed by atoms with Gasteiger partial charge in [-0.05, 0) is 19.9 Å². The lowest BCUT2D eigenvalue weighted by Gasteiger charge is -2.25. The molecule has 0 amide bonds. The van der Waals surface area contributed by atoms with Crippen molar-refractivity contribution in [3.63, 3.8) is 0 Å². The number of ether oxygens (including phenoxy) is 2. The van der Waals surface area contributed by atoms with Gasteiger partial charge < -0.3 is 24.3 Å². The van der Waals surface area contributed by atoms with E-state index in [0.717, 1.165) is 0 Å². The number of methoxy groups -OCH3 is 2. The molecule has 1 rings (SSSR count). The van der Waals surface area contributed by atoms with Gasteiger partial charge in [0.1, 0.15) is 5.78 Å². The molecular formula is C13H21ClNO5P. The lowest BCUT2D eigenvalue weighted by molar-refractivity contribution is 0.212. The molecule has 8 heteroatoms. The summed E-state index contributed by atoms with van der Waals surface area (Å²) in [7, 11) is -0.555. The highest BCUT2D eigenvalue weighted by molar-refractivity contribution is 7.54. The van der Waals surface area contributed by atoms with E-state index in [1.54, 1.807) is 26.0 Å². The molecule has 1 aromatic rings. The quantitative estimate of drug-likeness (QED) is 0.730. The second-order valence-electron chi connectivity index (χ2n) is 4.02. The van der Waals surface area contributed by atoms with Gasteiger partial charge in [-0.2, -0.15) is 0 Å². The molecule has 0 heterocycles. The minimum absolute atomic E-state index is 0.218. The van der Waals surface area contributed by atoms with E-state index in [-0.39, 0.29) is 18.2 Å². The smallest absolute Gasteiger partial charge is 0.351 e. The number of hydrogen-bond acceptors (Lipinski definition) is 6. The summed E-state index contributed by atoms with van der Waals surface area (Å²) in [6.45, 7) is 3.87. The summed E-state index contributed by atoms with van der Waals surface area (Å²) >= 11 is 6.28. The molecule has 0 saturated carbocycles. The third-order valence-corrected chi connectivity index (χ3v) is 5.38. The molecular weight excluding hydrogens is 317 g/mol. The van der Waals surface area contributed by atoms with E-state index in [2.05, 4.69) is 0 Å². The van der Waals surface area contributed by atoms with Gasteiger partial charge >= 0.3 is 7.60 Å². The van der Waals surface area contributed by atoms with Crippen LogP contribution >= 0.6 is 19.2 Å². The Balaban J connectivity index is 3.28. The van der Waals surface area contributed by atoms with Gasteiger partial charge in [-0.1, -0.05) is 17.7 Å². The third kappa shape index (κ3) is 3.90. The van der Waals surface area contributed by atoms with Crippen molar-refractivity contribution in [2.24, 2.45) is 5.73 Å². The summed E-state index contributed by atoms with van der Waals surface area (Å²) in [4.78, 5) is 0. The Morgan fingerprint density at radius 2 is 1.76 bits per heavy atom. The van der Waals surface area contributed by atoms with Crippen LogP contribution in [0.4, 0.5) is 0 Å². The van der Waals surface area contributed by atoms with Crippen LogP contribution in [-0.4, -0.2) is 27.4 Å². The maximum absolute atomic E-state index is 12.7. The molecule has 0 spiro atoms. The molecule has 1 aromatic carbocycles. The van der Waals surface area contributed by atoms with Crippen molar-refractivity contribution in [3.05, 3.63) is 22.7 Å². The lowest BCUT2D eigenvalue weighted by atomic mass is 10.2. The van der Waals surface area contributed by atoms with Crippen LogP contribution < -0.4 is 15.2 Å². The third-order valence-electron chi connectivity index (χ3n) is 2.79. The number of hydrogen-bond donors (Lipinski definition) is 1. The Labute approximate surface area is 130 Å². The summed E-state index contributed by atoms with van der Waals surface area (Å²) < 4.78 is 33.6. The molecule has 0 aliphatic rings. The summed E-state index contributed by atoms with van der Waals surface area (Å²) in [6.07, 6.45) is 0. The first kappa shape index (κ1) is 18.3. The molecule has 6 nitrogen and oxygen atoms in total. The highest BCUT2D eigenvalue weighted by atomic mass is 35.5. The number of rotatable bonds is 8. The molecule has 21 heavy (non-hydrogen) atoms. The SMILES string of the molecule is CCOP(=O)(OCC)[C@H](N)c1ccc(OC)c(OC)c1Cl. The topological polar surface area (TPSA) is 80.0 Å². The standard InChI is InChI=1S/C13H21ClNO5P/c1-5-19-21(16,20-6-2)13(15)9-7-8-10(17-3)12(18-4)11(9)14/h7-8,13H,5-6,15H2,1-4H3/t13-/m0/s1. The molecule has 0 aliphatic carbocycles. The van der Waals surface area contributed by atoms with Crippen molar-refractivity contribution < 1.29 is 23.1 Å². The van der Waals surface area contributed by atoms with E-state index in [4.69, 9.17) is 35.9 Å². The second-order valence-corrected chi connectivity index (χ2v) is 6.55. The van der Waals surface area contributed by atoms with E-state index in [0.29, 0.717) is 17.1 Å². The van der Waals surface area contributed by atoms with E-state index in [1.165, 1.54) is 14.2 Å². The van der Waals surface area contributed by atoms with Crippen molar-refractivity contribution in [1.29, 1.82) is 0 Å². The Bertz CT molecular complexity index is 516. The largest absolute Gasteiger partial charge is 0.493 e. The van der Waals surface area contributed by atoms with Crippen LogP contribution in [0.25, 0.3) is 0 Å². The van der Waals surface area contributed by atoms with Gasteiger partial charge in [0.05, 0.1) is 32.5 Å². The minimum atomic E-state index is -3.52. The molecule has 0 fully saturated rings. The van der Waals surface area contributed by atoms with Crippen LogP contribution in [0, 0.1) is 0 Å². The molecule has 0 radical (unpaired) electrons. The Morgan fingerprint density at radius 3 is 2.19 bits per heavy atom. The molecule has 0 aromatic heterocycles. The Morgan fingerprint density at radius 1 is 1.19 bits per heavy atom. The maximum Gasteiger partial charge on any atom is 0.351 e. The highest BCUT2D eigenvalue weighted by Gasteiger charge is 2.36. The van der Waals surface area contributed by atoms with Gasteiger partial charge in [-0.25, -0.2) is 0 Å². The predicted octanol–water partition coefficient (Wildman–Crippen LogP) is 3.58. The van der Waals surface area contributed by atoms with Gasteiger partial charge in [-0.3, -0.25) is 4.57 Å². The van der Waals surface area contributed by atoms with Gasteiger partial charge in [0, 0.05) is 5.56 Å². The number of nitrogens with two attached hydrogens (primary N) is 1. The molecule has 0 aliphatic heterocycles. The van der Waals surface area contributed by atoms with Crippen molar-refractivity contribution in [1.82, 2.24) is 0 Å². The zero-order chi connectivity index (χ0) is 16.0. The highest BCUT2D eigenvalue weighted by Crippen LogP contribution is 2.60. The fourth-order valence-electron chi connectivity index (χ4n) is 1.86. The molecule has 2 N–H and O–H groups in total. The first-order valence-electron chi connectivity index (χ1n) is 6.49. The van der Waals surface area contributed by atoms with Crippen LogP contribution in [0.5, 0.6) is 11.5 Å². The van der Waals surface area contributed by atoms with Crippen molar-refractivity contribution >= 4 is 19.2 Å². The van der Waals surface area contributed by atoms with Crippen molar-refractivity contribution in [3.8, 4) is 11.5 Å². The monoisotopic (exact) mass is 337 g/mol. The van der Waals surface area contributed by atoms with Gasteiger partial charge in [0.2, 0.25) is 0 Å². The molecule has 0 bridgehead atoms. The zero-order valence-corrected chi connectivity index (χ0v) is 14.2. The predicted molar refractivity (Wildman–Crippen MR) is 82.3 cm³/mol. The summed E-state index contributed by atoms with van der Waals surface area (Å²) in [6, 6.07) is 3.27. The minimum Gasteiger partial charge on any atom is -0.493 e. The molecule has 0 unspecified atom stereocenters. The first-order valence-corrected chi connectivity index (χ1v) is 8.48. The fraction of sp³-hybridized carbons (Fsp3) is 0.538. The lowest BCUT2D eigenvalue weighted by Crippen LogP contribution is -2.16. The first-order chi connectivity index (χ1) is 9.95. The van der Waals surface area contributed by atoms with E-state index in [9.17, 15) is 4.57 Å². The maximum atomic E-state index is 12.7. The van der Waals surface area contributed by atoms with Crippen molar-refractivity contribution in [2.45, 2.75) is 19.6 Å². The van der Waals surface area contributed by atoms with E-state index >= 15 is 0 Å². The average Bonchev–Trinajstić information content (AvgIpc) is 2.46. The van der Waals surface area contributed by atoms with Gasteiger partial charge in [0.25, 0.3) is 0 Å². The summed E-state index contributed by atoms with van der Waals surface area (Å²) in [5, 5.41) is 0.226. The molecule has 120 valence electrons. The van der Waals surface area contributed by atoms with Gasteiger partial charge in [0.15, 0.2) is 11.5 Å². The Kier molecular flexibility index (Phi) is 6.97. The Hall–Kier alpha value is -0.780. The fourth-order valence-corrected chi connectivity index (χ4v) is 3.96.